The van der Waals surface area contributed by atoms with Gasteiger partial charge in [0, 0.05) is 6.20 Å². The van der Waals surface area contributed by atoms with Crippen LogP contribution >= 0.6 is 0 Å². The zero-order chi connectivity index (χ0) is 14.5. The van der Waals surface area contributed by atoms with Gasteiger partial charge in [0.15, 0.2) is 0 Å². The van der Waals surface area contributed by atoms with E-state index in [0.29, 0.717) is 6.04 Å². The first kappa shape index (κ1) is 14.3. The third-order valence-corrected chi connectivity index (χ3v) is 4.19. The molecule has 3 rings (SSSR count). The molecule has 1 fully saturated rings. The number of nitrogens with one attached hydrogen (secondary N) is 1. The van der Waals surface area contributed by atoms with Crippen LogP contribution in [0.3, 0.4) is 0 Å². The van der Waals surface area contributed by atoms with Crippen molar-refractivity contribution in [2.45, 2.75) is 45.1 Å². The number of hydrogen-bond donors (Lipinski definition) is 1. The molecule has 21 heavy (non-hydrogen) atoms. The van der Waals surface area contributed by atoms with Crippen LogP contribution < -0.4 is 5.32 Å². The number of hydrogen-bond acceptors (Lipinski definition) is 2. The Bertz CT molecular complexity index is 543. The lowest BCUT2D eigenvalue weighted by molar-refractivity contribution is 0.459. The minimum atomic E-state index is 0.399. The third kappa shape index (κ3) is 3.94. The number of rotatable bonds is 8. The molecule has 0 saturated heterocycles. The van der Waals surface area contributed by atoms with Gasteiger partial charge < -0.3 is 5.32 Å². The Morgan fingerprint density at radius 1 is 1.24 bits per heavy atom. The van der Waals surface area contributed by atoms with Gasteiger partial charge in [-0.05, 0) is 49.9 Å². The molecule has 0 aliphatic heterocycles. The molecule has 1 heterocycles. The summed E-state index contributed by atoms with van der Waals surface area (Å²) in [6.07, 6.45) is 8.63. The lowest BCUT2D eigenvalue weighted by atomic mass is 10.1. The van der Waals surface area contributed by atoms with Crippen LogP contribution in [0.25, 0.3) is 5.69 Å². The fraction of sp³-hybridized carbons (Fsp3) is 0.500. The Morgan fingerprint density at radius 2 is 2.05 bits per heavy atom. The average molecular weight is 283 g/mol. The zero-order valence-corrected chi connectivity index (χ0v) is 12.8. The monoisotopic (exact) mass is 283 g/mol. The topological polar surface area (TPSA) is 29.9 Å². The van der Waals surface area contributed by atoms with Crippen molar-refractivity contribution in [2.24, 2.45) is 5.92 Å². The highest BCUT2D eigenvalue weighted by molar-refractivity contribution is 5.30. The second-order valence-corrected chi connectivity index (χ2v) is 6.05. The molecule has 1 aliphatic carbocycles. The Kier molecular flexibility index (Phi) is 4.71. The van der Waals surface area contributed by atoms with Gasteiger partial charge in [-0.25, -0.2) is 4.68 Å². The van der Waals surface area contributed by atoms with Crippen molar-refractivity contribution in [3.05, 3.63) is 48.3 Å². The molecule has 1 N–H and O–H groups in total. The van der Waals surface area contributed by atoms with Crippen molar-refractivity contribution in [1.82, 2.24) is 15.1 Å². The van der Waals surface area contributed by atoms with E-state index in [-0.39, 0.29) is 0 Å². The first-order valence-electron chi connectivity index (χ1n) is 8.21. The summed E-state index contributed by atoms with van der Waals surface area (Å²) in [5.41, 5.74) is 2.30. The summed E-state index contributed by atoms with van der Waals surface area (Å²) in [7, 11) is 0. The highest BCUT2D eigenvalue weighted by Gasteiger charge is 2.23. The van der Waals surface area contributed by atoms with Gasteiger partial charge in [-0.15, -0.1) is 0 Å². The molecule has 3 nitrogen and oxygen atoms in total. The van der Waals surface area contributed by atoms with E-state index in [2.05, 4.69) is 48.8 Å². The first-order chi connectivity index (χ1) is 10.4. The smallest absolute Gasteiger partial charge is 0.0798 e. The quantitative estimate of drug-likeness (QED) is 0.790. The third-order valence-electron chi connectivity index (χ3n) is 4.19. The molecule has 1 unspecified atom stereocenters. The van der Waals surface area contributed by atoms with E-state index in [1.54, 1.807) is 0 Å². The van der Waals surface area contributed by atoms with E-state index < -0.39 is 0 Å². The molecule has 0 spiro atoms. The summed E-state index contributed by atoms with van der Waals surface area (Å²) < 4.78 is 1.98. The second-order valence-electron chi connectivity index (χ2n) is 6.05. The van der Waals surface area contributed by atoms with E-state index in [9.17, 15) is 0 Å². The molecular formula is C18H25N3. The molecule has 1 saturated carbocycles. The lowest BCUT2D eigenvalue weighted by Gasteiger charge is -2.16. The van der Waals surface area contributed by atoms with Gasteiger partial charge in [0.05, 0.1) is 17.4 Å². The summed E-state index contributed by atoms with van der Waals surface area (Å²) in [4.78, 5) is 0. The van der Waals surface area contributed by atoms with Crippen LogP contribution in [0, 0.1) is 5.92 Å². The van der Waals surface area contributed by atoms with Crippen molar-refractivity contribution in [3.8, 4) is 5.69 Å². The largest absolute Gasteiger partial charge is 0.309 e. The summed E-state index contributed by atoms with van der Waals surface area (Å²) >= 11 is 0. The van der Waals surface area contributed by atoms with Gasteiger partial charge >= 0.3 is 0 Å². The van der Waals surface area contributed by atoms with Gasteiger partial charge in [-0.2, -0.15) is 5.10 Å². The fourth-order valence-corrected chi connectivity index (χ4v) is 2.73. The van der Waals surface area contributed by atoms with Crippen molar-refractivity contribution in [1.29, 1.82) is 0 Å². The predicted molar refractivity (Wildman–Crippen MR) is 86.6 cm³/mol. The summed E-state index contributed by atoms with van der Waals surface area (Å²) in [6.45, 7) is 3.28. The minimum Gasteiger partial charge on any atom is -0.309 e. The zero-order valence-electron chi connectivity index (χ0n) is 12.8. The van der Waals surface area contributed by atoms with Crippen LogP contribution in [0.2, 0.25) is 0 Å². The SMILES string of the molecule is CCCNC(CCC1CC1)c1ccn(-c2ccccc2)n1. The van der Waals surface area contributed by atoms with Crippen LogP contribution in [0.4, 0.5) is 0 Å². The number of para-hydroxylation sites is 1. The molecule has 0 radical (unpaired) electrons. The summed E-state index contributed by atoms with van der Waals surface area (Å²) in [5, 5.41) is 8.44. The van der Waals surface area contributed by atoms with Crippen LogP contribution in [0.1, 0.15) is 50.8 Å². The van der Waals surface area contributed by atoms with Gasteiger partial charge in [-0.1, -0.05) is 38.0 Å². The average Bonchev–Trinajstić information content (AvgIpc) is 3.23. The van der Waals surface area contributed by atoms with Gasteiger partial charge in [0.2, 0.25) is 0 Å². The van der Waals surface area contributed by atoms with E-state index in [1.165, 1.54) is 37.8 Å². The van der Waals surface area contributed by atoms with Crippen molar-refractivity contribution >= 4 is 0 Å². The predicted octanol–water partition coefficient (Wildman–Crippen LogP) is 4.10. The normalized spacial score (nSPS) is 16.0. The first-order valence-corrected chi connectivity index (χ1v) is 8.21. The molecular weight excluding hydrogens is 258 g/mol. The maximum Gasteiger partial charge on any atom is 0.0798 e. The molecule has 0 amide bonds. The number of nitrogens with zero attached hydrogens (tertiary/aromatic N) is 2. The van der Waals surface area contributed by atoms with Crippen molar-refractivity contribution < 1.29 is 0 Å². The molecule has 1 aliphatic rings. The molecule has 2 aromatic rings. The Balaban J connectivity index is 1.70. The molecule has 1 aromatic heterocycles. The number of aromatic nitrogens is 2. The Labute approximate surface area is 127 Å². The molecule has 112 valence electrons. The Morgan fingerprint density at radius 3 is 2.76 bits per heavy atom. The van der Waals surface area contributed by atoms with E-state index in [0.717, 1.165) is 18.2 Å². The minimum absolute atomic E-state index is 0.399. The Hall–Kier alpha value is -1.61. The summed E-state index contributed by atoms with van der Waals surface area (Å²) in [6, 6.07) is 12.9. The maximum atomic E-state index is 4.79. The van der Waals surface area contributed by atoms with Crippen molar-refractivity contribution in [3.63, 3.8) is 0 Å². The van der Waals surface area contributed by atoms with E-state index in [4.69, 9.17) is 5.10 Å². The van der Waals surface area contributed by atoms with Crippen LogP contribution in [-0.4, -0.2) is 16.3 Å². The lowest BCUT2D eigenvalue weighted by Crippen LogP contribution is -2.23. The van der Waals surface area contributed by atoms with Crippen LogP contribution in [0.5, 0.6) is 0 Å². The standard InChI is InChI=1S/C18H25N3/c1-2-13-19-17(11-10-15-8-9-15)18-12-14-21(20-18)16-6-4-3-5-7-16/h3-7,12,14-15,17,19H,2,8-11,13H2,1H3. The van der Waals surface area contributed by atoms with E-state index >= 15 is 0 Å². The van der Waals surface area contributed by atoms with Gasteiger partial charge in [0.1, 0.15) is 0 Å². The van der Waals surface area contributed by atoms with Crippen LogP contribution in [-0.2, 0) is 0 Å². The number of benzene rings is 1. The fourth-order valence-electron chi connectivity index (χ4n) is 2.73. The molecule has 1 aromatic carbocycles. The van der Waals surface area contributed by atoms with Crippen LogP contribution in [0.15, 0.2) is 42.6 Å². The summed E-state index contributed by atoms with van der Waals surface area (Å²) in [5.74, 6) is 0.979. The molecule has 1 atom stereocenters. The van der Waals surface area contributed by atoms with Gasteiger partial charge in [0.25, 0.3) is 0 Å². The highest BCUT2D eigenvalue weighted by atomic mass is 15.3. The van der Waals surface area contributed by atoms with E-state index in [1.807, 2.05) is 10.7 Å². The highest BCUT2D eigenvalue weighted by Crippen LogP contribution is 2.35. The van der Waals surface area contributed by atoms with Crippen molar-refractivity contribution in [2.75, 3.05) is 6.54 Å². The molecule has 3 heteroatoms. The molecule has 0 bridgehead atoms. The second kappa shape index (κ2) is 6.90. The van der Waals surface area contributed by atoms with Gasteiger partial charge in [-0.3, -0.25) is 0 Å². The maximum absolute atomic E-state index is 4.79.